The van der Waals surface area contributed by atoms with E-state index in [0.717, 1.165) is 5.75 Å². The molecule has 20 heavy (non-hydrogen) atoms. The molecule has 0 saturated heterocycles. The van der Waals surface area contributed by atoms with Gasteiger partial charge in [0.25, 0.3) is 0 Å². The molecule has 3 N–H and O–H groups in total. The lowest BCUT2D eigenvalue weighted by atomic mass is 10.3. The molecular formula is C14H15N3O3. The Hall–Kier alpha value is -2.76. The minimum atomic E-state index is -0.0708. The van der Waals surface area contributed by atoms with E-state index in [1.54, 1.807) is 18.2 Å². The fourth-order valence-corrected chi connectivity index (χ4v) is 1.60. The van der Waals surface area contributed by atoms with E-state index in [2.05, 4.69) is 10.1 Å². The summed E-state index contributed by atoms with van der Waals surface area (Å²) in [5, 5.41) is 11.5. The Morgan fingerprint density at radius 1 is 1.25 bits per heavy atom. The van der Waals surface area contributed by atoms with Crippen molar-refractivity contribution in [1.29, 1.82) is 0 Å². The first-order valence-electron chi connectivity index (χ1n) is 6.07. The molecule has 0 spiro atoms. The maximum atomic E-state index is 8.63. The monoisotopic (exact) mass is 273 g/mol. The molecule has 0 aliphatic rings. The molecule has 0 aliphatic heterocycles. The van der Waals surface area contributed by atoms with Crippen molar-refractivity contribution in [3.05, 3.63) is 48.3 Å². The zero-order chi connectivity index (χ0) is 14.4. The van der Waals surface area contributed by atoms with Crippen LogP contribution in [0.5, 0.6) is 17.2 Å². The molecule has 0 amide bonds. The Morgan fingerprint density at radius 3 is 2.75 bits per heavy atom. The van der Waals surface area contributed by atoms with Gasteiger partial charge in [-0.15, -0.1) is 0 Å². The van der Waals surface area contributed by atoms with Gasteiger partial charge < -0.3 is 20.4 Å². The average molecular weight is 273 g/mol. The van der Waals surface area contributed by atoms with E-state index < -0.39 is 0 Å². The van der Waals surface area contributed by atoms with E-state index in [1.807, 2.05) is 25.1 Å². The van der Waals surface area contributed by atoms with Gasteiger partial charge in [0.15, 0.2) is 5.84 Å². The van der Waals surface area contributed by atoms with E-state index >= 15 is 0 Å². The molecule has 0 unspecified atom stereocenters. The summed E-state index contributed by atoms with van der Waals surface area (Å²) in [6, 6.07) is 10.6. The van der Waals surface area contributed by atoms with Crippen molar-refractivity contribution in [3.63, 3.8) is 0 Å². The van der Waals surface area contributed by atoms with Crippen LogP contribution in [0.1, 0.15) is 12.6 Å². The van der Waals surface area contributed by atoms with E-state index in [1.165, 1.54) is 6.20 Å². The van der Waals surface area contributed by atoms with Crippen LogP contribution in [0.2, 0.25) is 0 Å². The number of pyridine rings is 1. The highest BCUT2D eigenvalue weighted by molar-refractivity contribution is 5.95. The fraction of sp³-hybridized carbons (Fsp3) is 0.143. The second-order valence-electron chi connectivity index (χ2n) is 3.87. The van der Waals surface area contributed by atoms with Crippen molar-refractivity contribution in [2.24, 2.45) is 10.9 Å². The summed E-state index contributed by atoms with van der Waals surface area (Å²) in [7, 11) is 0. The number of ether oxygens (including phenoxy) is 2. The smallest absolute Gasteiger partial charge is 0.188 e. The summed E-state index contributed by atoms with van der Waals surface area (Å²) in [6.45, 7) is 2.51. The van der Waals surface area contributed by atoms with Crippen LogP contribution < -0.4 is 15.2 Å². The van der Waals surface area contributed by atoms with Crippen LogP contribution in [-0.2, 0) is 0 Å². The molecule has 2 aromatic rings. The van der Waals surface area contributed by atoms with Crippen LogP contribution in [0.15, 0.2) is 47.8 Å². The molecule has 0 aliphatic carbocycles. The molecule has 1 aromatic heterocycles. The van der Waals surface area contributed by atoms with Gasteiger partial charge in [0.2, 0.25) is 0 Å². The van der Waals surface area contributed by atoms with Crippen LogP contribution in [0, 0.1) is 0 Å². The SMILES string of the molecule is CCOc1cccc(Oc2ccnc(C(N)=NO)c2)c1. The molecule has 1 aromatic carbocycles. The number of amidine groups is 1. The largest absolute Gasteiger partial charge is 0.494 e. The predicted molar refractivity (Wildman–Crippen MR) is 74.4 cm³/mol. The summed E-state index contributed by atoms with van der Waals surface area (Å²) >= 11 is 0. The second kappa shape index (κ2) is 6.42. The van der Waals surface area contributed by atoms with E-state index in [4.69, 9.17) is 20.4 Å². The number of hydrogen-bond acceptors (Lipinski definition) is 5. The Kier molecular flexibility index (Phi) is 4.39. The number of benzene rings is 1. The predicted octanol–water partition coefficient (Wildman–Crippen LogP) is 2.37. The van der Waals surface area contributed by atoms with Crippen LogP contribution in [0.3, 0.4) is 0 Å². The zero-order valence-corrected chi connectivity index (χ0v) is 11.0. The summed E-state index contributed by atoms with van der Waals surface area (Å²) in [5.74, 6) is 1.83. The highest BCUT2D eigenvalue weighted by Crippen LogP contribution is 2.25. The number of oxime groups is 1. The number of nitrogens with zero attached hydrogens (tertiary/aromatic N) is 2. The third-order valence-electron chi connectivity index (χ3n) is 2.45. The second-order valence-corrected chi connectivity index (χ2v) is 3.87. The minimum Gasteiger partial charge on any atom is -0.494 e. The van der Waals surface area contributed by atoms with Crippen LogP contribution in [-0.4, -0.2) is 22.6 Å². The maximum absolute atomic E-state index is 8.63. The van der Waals surface area contributed by atoms with Crippen LogP contribution in [0.25, 0.3) is 0 Å². The third-order valence-corrected chi connectivity index (χ3v) is 2.45. The summed E-state index contributed by atoms with van der Waals surface area (Å²) in [4.78, 5) is 3.98. The Morgan fingerprint density at radius 2 is 2.00 bits per heavy atom. The number of hydrogen-bond donors (Lipinski definition) is 2. The molecule has 0 radical (unpaired) electrons. The molecule has 6 heteroatoms. The van der Waals surface area contributed by atoms with Crippen molar-refractivity contribution in [1.82, 2.24) is 4.98 Å². The molecule has 0 saturated carbocycles. The van der Waals surface area contributed by atoms with Crippen molar-refractivity contribution in [2.45, 2.75) is 6.92 Å². The fourth-order valence-electron chi connectivity index (χ4n) is 1.60. The topological polar surface area (TPSA) is 90.0 Å². The molecule has 0 fully saturated rings. The normalized spacial score (nSPS) is 11.2. The Balaban J connectivity index is 2.19. The highest BCUT2D eigenvalue weighted by Gasteiger charge is 2.04. The molecular weight excluding hydrogens is 258 g/mol. The Bertz CT molecular complexity index is 614. The van der Waals surface area contributed by atoms with E-state index in [-0.39, 0.29) is 5.84 Å². The van der Waals surface area contributed by atoms with Gasteiger partial charge in [-0.1, -0.05) is 11.2 Å². The van der Waals surface area contributed by atoms with Gasteiger partial charge in [-0.2, -0.15) is 0 Å². The summed E-state index contributed by atoms with van der Waals surface area (Å²) < 4.78 is 11.1. The third kappa shape index (κ3) is 3.38. The number of aromatic nitrogens is 1. The van der Waals surface area contributed by atoms with E-state index in [0.29, 0.717) is 23.8 Å². The number of rotatable bonds is 5. The average Bonchev–Trinajstić information content (AvgIpc) is 2.47. The highest BCUT2D eigenvalue weighted by atomic mass is 16.5. The van der Waals surface area contributed by atoms with Gasteiger partial charge in [0.05, 0.1) is 6.61 Å². The lowest BCUT2D eigenvalue weighted by Gasteiger charge is -2.08. The Labute approximate surface area is 116 Å². The molecule has 0 bridgehead atoms. The van der Waals surface area contributed by atoms with Crippen LogP contribution in [0.4, 0.5) is 0 Å². The maximum Gasteiger partial charge on any atom is 0.188 e. The van der Waals surface area contributed by atoms with Gasteiger partial charge in [-0.05, 0) is 25.1 Å². The molecule has 104 valence electrons. The summed E-state index contributed by atoms with van der Waals surface area (Å²) in [5.41, 5.74) is 5.82. The van der Waals surface area contributed by atoms with Gasteiger partial charge in [0, 0.05) is 18.3 Å². The van der Waals surface area contributed by atoms with Crippen LogP contribution >= 0.6 is 0 Å². The molecule has 6 nitrogen and oxygen atoms in total. The van der Waals surface area contributed by atoms with Gasteiger partial charge >= 0.3 is 0 Å². The van der Waals surface area contributed by atoms with Gasteiger partial charge in [-0.3, -0.25) is 4.98 Å². The van der Waals surface area contributed by atoms with Gasteiger partial charge in [-0.25, -0.2) is 0 Å². The van der Waals surface area contributed by atoms with Crippen molar-refractivity contribution in [2.75, 3.05) is 6.61 Å². The van der Waals surface area contributed by atoms with Crippen molar-refractivity contribution >= 4 is 5.84 Å². The molecule has 0 atom stereocenters. The first-order valence-corrected chi connectivity index (χ1v) is 6.07. The lowest BCUT2D eigenvalue weighted by Crippen LogP contribution is -2.14. The first-order chi connectivity index (χ1) is 9.72. The zero-order valence-electron chi connectivity index (χ0n) is 11.0. The van der Waals surface area contributed by atoms with Crippen molar-refractivity contribution in [3.8, 4) is 17.2 Å². The standard InChI is InChI=1S/C14H15N3O3/c1-2-19-10-4-3-5-11(8-10)20-12-6-7-16-13(9-12)14(15)17-18/h3-9,18H,2H2,1H3,(H2,15,17). The summed E-state index contributed by atoms with van der Waals surface area (Å²) in [6.07, 6.45) is 1.52. The minimum absolute atomic E-state index is 0.0708. The quantitative estimate of drug-likeness (QED) is 0.378. The first kappa shape index (κ1) is 13.7. The number of nitrogens with two attached hydrogens (primary N) is 1. The molecule has 1 heterocycles. The van der Waals surface area contributed by atoms with Crippen molar-refractivity contribution < 1.29 is 14.7 Å². The van der Waals surface area contributed by atoms with E-state index in [9.17, 15) is 0 Å². The molecule has 2 rings (SSSR count). The van der Waals surface area contributed by atoms with Gasteiger partial charge in [0.1, 0.15) is 22.9 Å². The lowest BCUT2D eigenvalue weighted by molar-refractivity contribution is 0.318.